The summed E-state index contributed by atoms with van der Waals surface area (Å²) >= 11 is 0. The molecule has 1 N–H and O–H groups in total. The number of hydrogen-bond donors (Lipinski definition) is 1. The molecule has 0 saturated heterocycles. The third-order valence-electron chi connectivity index (χ3n) is 3.57. The Balaban J connectivity index is 1.88. The van der Waals surface area contributed by atoms with Crippen molar-refractivity contribution in [1.29, 1.82) is 0 Å². The van der Waals surface area contributed by atoms with Gasteiger partial charge >= 0.3 is 0 Å². The van der Waals surface area contributed by atoms with Gasteiger partial charge in [0.05, 0.1) is 6.61 Å². The maximum absolute atomic E-state index is 9.34. The predicted octanol–water partition coefficient (Wildman–Crippen LogP) is 2.11. The van der Waals surface area contributed by atoms with Gasteiger partial charge in [0.2, 0.25) is 0 Å². The summed E-state index contributed by atoms with van der Waals surface area (Å²) in [6.45, 7) is 0.976. The third-order valence-corrected chi connectivity index (χ3v) is 3.57. The molecule has 98 valence electrons. The fourth-order valence-electron chi connectivity index (χ4n) is 2.48. The largest absolute Gasteiger partial charge is 0.392 e. The number of imidazole rings is 1. The second-order valence-corrected chi connectivity index (χ2v) is 4.72. The Morgan fingerprint density at radius 2 is 2.11 bits per heavy atom. The van der Waals surface area contributed by atoms with Crippen molar-refractivity contribution in [2.24, 2.45) is 7.05 Å². The van der Waals surface area contributed by atoms with Crippen LogP contribution in [0.1, 0.15) is 11.4 Å². The predicted molar refractivity (Wildman–Crippen MR) is 74.8 cm³/mol. The summed E-state index contributed by atoms with van der Waals surface area (Å²) in [4.78, 5) is 4.34. The zero-order valence-corrected chi connectivity index (χ0v) is 11.0. The Hall–Kier alpha value is -2.07. The Kier molecular flexibility index (Phi) is 3.09. The lowest BCUT2D eigenvalue weighted by Gasteiger charge is -2.06. The first-order chi connectivity index (χ1) is 9.29. The van der Waals surface area contributed by atoms with E-state index in [1.165, 1.54) is 5.52 Å². The molecule has 0 aliphatic carbocycles. The van der Waals surface area contributed by atoms with E-state index in [9.17, 15) is 5.11 Å². The van der Waals surface area contributed by atoms with Crippen molar-refractivity contribution in [2.75, 3.05) is 0 Å². The van der Waals surface area contributed by atoms with Crippen LogP contribution in [0, 0.1) is 0 Å². The fraction of sp³-hybridized carbons (Fsp3) is 0.267. The highest BCUT2D eigenvalue weighted by molar-refractivity contribution is 5.83. The summed E-state index contributed by atoms with van der Waals surface area (Å²) in [7, 11) is 2.01. The highest BCUT2D eigenvalue weighted by atomic mass is 16.3. The van der Waals surface area contributed by atoms with Gasteiger partial charge < -0.3 is 14.2 Å². The number of benzene rings is 1. The van der Waals surface area contributed by atoms with Gasteiger partial charge in [-0.05, 0) is 17.7 Å². The van der Waals surface area contributed by atoms with Crippen molar-refractivity contribution in [3.63, 3.8) is 0 Å². The van der Waals surface area contributed by atoms with E-state index in [2.05, 4.69) is 27.9 Å². The SMILES string of the molecule is Cn1ccnc1CCn1ccc2c(CO)cccc21. The van der Waals surface area contributed by atoms with Crippen LogP contribution in [-0.4, -0.2) is 19.2 Å². The first kappa shape index (κ1) is 12.0. The van der Waals surface area contributed by atoms with E-state index >= 15 is 0 Å². The highest BCUT2D eigenvalue weighted by Gasteiger charge is 2.06. The number of aliphatic hydroxyl groups excluding tert-OH is 1. The standard InChI is InChI=1S/C15H17N3O/c1-17-10-7-16-15(17)6-9-18-8-5-13-12(11-19)3-2-4-14(13)18/h2-5,7-8,10,19H,6,9,11H2,1H3. The Morgan fingerprint density at radius 1 is 1.21 bits per heavy atom. The maximum Gasteiger partial charge on any atom is 0.110 e. The smallest absolute Gasteiger partial charge is 0.110 e. The average molecular weight is 255 g/mol. The van der Waals surface area contributed by atoms with E-state index in [1.54, 1.807) is 0 Å². The molecule has 4 nitrogen and oxygen atoms in total. The summed E-state index contributed by atoms with van der Waals surface area (Å²) in [6, 6.07) is 8.11. The molecule has 19 heavy (non-hydrogen) atoms. The molecule has 0 atom stereocenters. The van der Waals surface area contributed by atoms with E-state index in [0.29, 0.717) is 0 Å². The van der Waals surface area contributed by atoms with Gasteiger partial charge in [0, 0.05) is 49.5 Å². The molecule has 0 aliphatic rings. The number of rotatable bonds is 4. The fourth-order valence-corrected chi connectivity index (χ4v) is 2.48. The minimum atomic E-state index is 0.0840. The van der Waals surface area contributed by atoms with Gasteiger partial charge in [-0.25, -0.2) is 4.98 Å². The number of aliphatic hydroxyl groups is 1. The molecule has 0 amide bonds. The van der Waals surface area contributed by atoms with Gasteiger partial charge in [-0.3, -0.25) is 0 Å². The normalized spacial score (nSPS) is 11.3. The van der Waals surface area contributed by atoms with E-state index in [1.807, 2.05) is 36.1 Å². The van der Waals surface area contributed by atoms with Crippen LogP contribution in [0.2, 0.25) is 0 Å². The van der Waals surface area contributed by atoms with Crippen LogP contribution in [0.3, 0.4) is 0 Å². The van der Waals surface area contributed by atoms with E-state index in [0.717, 1.165) is 29.7 Å². The number of nitrogens with zero attached hydrogens (tertiary/aromatic N) is 3. The Morgan fingerprint density at radius 3 is 2.84 bits per heavy atom. The zero-order chi connectivity index (χ0) is 13.2. The van der Waals surface area contributed by atoms with E-state index in [4.69, 9.17) is 0 Å². The lowest BCUT2D eigenvalue weighted by Crippen LogP contribution is -2.04. The summed E-state index contributed by atoms with van der Waals surface area (Å²) in [6.07, 6.45) is 6.77. The van der Waals surface area contributed by atoms with Gasteiger partial charge in [0.1, 0.15) is 5.82 Å². The van der Waals surface area contributed by atoms with Crippen LogP contribution in [0.15, 0.2) is 42.9 Å². The third kappa shape index (κ3) is 2.15. The molecule has 1 aromatic carbocycles. The number of hydrogen-bond acceptors (Lipinski definition) is 2. The van der Waals surface area contributed by atoms with E-state index < -0.39 is 0 Å². The highest BCUT2D eigenvalue weighted by Crippen LogP contribution is 2.20. The molecular formula is C15H17N3O. The molecule has 3 aromatic rings. The molecule has 0 saturated carbocycles. The minimum Gasteiger partial charge on any atom is -0.392 e. The summed E-state index contributed by atoms with van der Waals surface area (Å²) in [5.41, 5.74) is 2.15. The molecule has 2 aromatic heterocycles. The lowest BCUT2D eigenvalue weighted by molar-refractivity contribution is 0.283. The number of fused-ring (bicyclic) bond motifs is 1. The molecule has 0 radical (unpaired) electrons. The summed E-state index contributed by atoms with van der Waals surface area (Å²) in [5, 5.41) is 10.5. The molecule has 0 fully saturated rings. The lowest BCUT2D eigenvalue weighted by atomic mass is 10.1. The van der Waals surface area contributed by atoms with Gasteiger partial charge in [0.15, 0.2) is 0 Å². The topological polar surface area (TPSA) is 43.0 Å². The first-order valence-electron chi connectivity index (χ1n) is 6.43. The van der Waals surface area contributed by atoms with E-state index in [-0.39, 0.29) is 6.61 Å². The minimum absolute atomic E-state index is 0.0840. The molecule has 4 heteroatoms. The quantitative estimate of drug-likeness (QED) is 0.776. The second-order valence-electron chi connectivity index (χ2n) is 4.72. The van der Waals surface area contributed by atoms with Crippen molar-refractivity contribution in [1.82, 2.24) is 14.1 Å². The molecule has 0 aliphatic heterocycles. The zero-order valence-electron chi connectivity index (χ0n) is 11.0. The molecule has 0 bridgehead atoms. The Bertz CT molecular complexity index is 696. The van der Waals surface area contributed by atoms with Crippen LogP contribution in [0.5, 0.6) is 0 Å². The van der Waals surface area contributed by atoms with Crippen molar-refractivity contribution < 1.29 is 5.11 Å². The molecule has 0 spiro atoms. The van der Waals surface area contributed by atoms with Crippen molar-refractivity contribution in [3.05, 3.63) is 54.2 Å². The molecule has 2 heterocycles. The van der Waals surface area contributed by atoms with Crippen molar-refractivity contribution in [3.8, 4) is 0 Å². The van der Waals surface area contributed by atoms with Gasteiger partial charge in [0.25, 0.3) is 0 Å². The average Bonchev–Trinajstić information content (AvgIpc) is 3.02. The van der Waals surface area contributed by atoms with Gasteiger partial charge in [-0.2, -0.15) is 0 Å². The van der Waals surface area contributed by atoms with Crippen LogP contribution in [0.4, 0.5) is 0 Å². The molecular weight excluding hydrogens is 238 g/mol. The van der Waals surface area contributed by atoms with Gasteiger partial charge in [-0.1, -0.05) is 12.1 Å². The molecule has 0 unspecified atom stereocenters. The summed E-state index contributed by atoms with van der Waals surface area (Å²) < 4.78 is 4.26. The van der Waals surface area contributed by atoms with Crippen LogP contribution in [-0.2, 0) is 26.6 Å². The van der Waals surface area contributed by atoms with Crippen LogP contribution < -0.4 is 0 Å². The Labute approximate surface area is 111 Å². The second kappa shape index (κ2) is 4.90. The van der Waals surface area contributed by atoms with Gasteiger partial charge in [-0.15, -0.1) is 0 Å². The van der Waals surface area contributed by atoms with Crippen LogP contribution in [0.25, 0.3) is 10.9 Å². The van der Waals surface area contributed by atoms with Crippen LogP contribution >= 0.6 is 0 Å². The number of aromatic nitrogens is 3. The first-order valence-corrected chi connectivity index (χ1v) is 6.43. The maximum atomic E-state index is 9.34. The monoisotopic (exact) mass is 255 g/mol. The number of aryl methyl sites for hydroxylation is 3. The van der Waals surface area contributed by atoms with Crippen molar-refractivity contribution in [2.45, 2.75) is 19.6 Å². The molecule has 3 rings (SSSR count). The van der Waals surface area contributed by atoms with Crippen molar-refractivity contribution >= 4 is 10.9 Å². The summed E-state index contributed by atoms with van der Waals surface area (Å²) in [5.74, 6) is 1.08.